The molecule has 4 heteroatoms. The van der Waals surface area contributed by atoms with Gasteiger partial charge in [0.15, 0.2) is 0 Å². The zero-order valence-corrected chi connectivity index (χ0v) is 12.1. The topological polar surface area (TPSA) is 38.4 Å². The number of rotatable bonds is 2. The van der Waals surface area contributed by atoms with E-state index in [0.29, 0.717) is 5.92 Å². The second kappa shape index (κ2) is 5.32. The molecule has 16 heavy (non-hydrogen) atoms. The minimum Gasteiger partial charge on any atom is -0.387 e. The van der Waals surface area contributed by atoms with E-state index in [1.54, 1.807) is 0 Å². The summed E-state index contributed by atoms with van der Waals surface area (Å²) >= 11 is 6.98. The zero-order valence-electron chi connectivity index (χ0n) is 8.92. The largest absolute Gasteiger partial charge is 0.387 e. The summed E-state index contributed by atoms with van der Waals surface area (Å²) in [5.74, 6) is 1.24. The van der Waals surface area contributed by atoms with Crippen LogP contribution in [0.2, 0.25) is 0 Å². The summed E-state index contributed by atoms with van der Waals surface area (Å²) < 4.78 is 1.95. The molecule has 1 aliphatic rings. The first-order chi connectivity index (χ1) is 7.68. The summed E-state index contributed by atoms with van der Waals surface area (Å²) in [6.07, 6.45) is 4.91. The molecule has 2 rings (SSSR count). The van der Waals surface area contributed by atoms with E-state index in [4.69, 9.17) is 5.73 Å². The van der Waals surface area contributed by atoms with Crippen molar-refractivity contribution in [1.29, 1.82) is 0 Å². The van der Waals surface area contributed by atoms with E-state index >= 15 is 0 Å². The maximum atomic E-state index is 6.06. The van der Waals surface area contributed by atoms with Crippen LogP contribution in [0.25, 0.3) is 0 Å². The van der Waals surface area contributed by atoms with Crippen LogP contribution in [-0.2, 0) is 0 Å². The fourth-order valence-electron chi connectivity index (χ4n) is 2.04. The van der Waals surface area contributed by atoms with Gasteiger partial charge in [-0.15, -0.1) is 0 Å². The first-order valence-corrected chi connectivity index (χ1v) is 7.05. The van der Waals surface area contributed by atoms with Crippen molar-refractivity contribution in [3.05, 3.63) is 27.1 Å². The average molecular weight is 346 g/mol. The molecule has 1 aromatic rings. The Morgan fingerprint density at radius 2 is 1.75 bits per heavy atom. The highest BCUT2D eigenvalue weighted by Crippen LogP contribution is 2.34. The molecular weight excluding hydrogens is 332 g/mol. The summed E-state index contributed by atoms with van der Waals surface area (Å²) in [5, 5.41) is 0. The smallest absolute Gasteiger partial charge is 0.103 e. The third kappa shape index (κ3) is 2.66. The summed E-state index contributed by atoms with van der Waals surface area (Å²) in [6, 6.07) is 5.93. The highest BCUT2D eigenvalue weighted by molar-refractivity contribution is 9.11. The number of para-hydroxylation sites is 1. The van der Waals surface area contributed by atoms with Crippen LogP contribution in [0.4, 0.5) is 5.69 Å². The van der Waals surface area contributed by atoms with E-state index < -0.39 is 0 Å². The van der Waals surface area contributed by atoms with Crippen LogP contribution in [-0.4, -0.2) is 5.84 Å². The van der Waals surface area contributed by atoms with Crippen molar-refractivity contribution in [3.8, 4) is 0 Å². The van der Waals surface area contributed by atoms with Gasteiger partial charge in [0, 0.05) is 14.9 Å². The summed E-state index contributed by atoms with van der Waals surface area (Å²) in [4.78, 5) is 4.54. The van der Waals surface area contributed by atoms with E-state index in [9.17, 15) is 0 Å². The maximum absolute atomic E-state index is 6.06. The van der Waals surface area contributed by atoms with Gasteiger partial charge in [-0.2, -0.15) is 0 Å². The molecule has 0 saturated heterocycles. The minimum atomic E-state index is 0.471. The highest BCUT2D eigenvalue weighted by atomic mass is 79.9. The number of halogens is 2. The second-order valence-corrected chi connectivity index (χ2v) is 5.80. The molecule has 1 fully saturated rings. The lowest BCUT2D eigenvalue weighted by molar-refractivity contribution is 0.722. The van der Waals surface area contributed by atoms with E-state index in [2.05, 4.69) is 36.9 Å². The Morgan fingerprint density at radius 1 is 1.19 bits per heavy atom. The standard InChI is InChI=1S/C12H14Br2N2/c13-9-6-3-7-10(14)11(9)16-12(15)8-4-1-2-5-8/h3,6-8H,1-2,4-5H2,(H2,15,16). The predicted molar refractivity (Wildman–Crippen MR) is 75.1 cm³/mol. The lowest BCUT2D eigenvalue weighted by atomic mass is 10.1. The summed E-state index contributed by atoms with van der Waals surface area (Å²) in [6.45, 7) is 0. The SMILES string of the molecule is NC(=Nc1c(Br)cccc1Br)C1CCCC1. The summed E-state index contributed by atoms with van der Waals surface area (Å²) in [7, 11) is 0. The van der Waals surface area contributed by atoms with Gasteiger partial charge >= 0.3 is 0 Å². The molecule has 0 bridgehead atoms. The third-order valence-corrected chi connectivity index (χ3v) is 4.23. The number of hydrogen-bond donors (Lipinski definition) is 1. The van der Waals surface area contributed by atoms with Crippen LogP contribution in [0.3, 0.4) is 0 Å². The van der Waals surface area contributed by atoms with Crippen molar-refractivity contribution in [2.45, 2.75) is 25.7 Å². The van der Waals surface area contributed by atoms with Crippen LogP contribution >= 0.6 is 31.9 Å². The van der Waals surface area contributed by atoms with Crippen LogP contribution in [0.5, 0.6) is 0 Å². The molecule has 0 radical (unpaired) electrons. The highest BCUT2D eigenvalue weighted by Gasteiger charge is 2.19. The van der Waals surface area contributed by atoms with E-state index in [-0.39, 0.29) is 0 Å². The lowest BCUT2D eigenvalue weighted by Gasteiger charge is -2.09. The normalized spacial score (nSPS) is 18.0. The van der Waals surface area contributed by atoms with Crippen LogP contribution in [0.15, 0.2) is 32.1 Å². The average Bonchev–Trinajstić information content (AvgIpc) is 2.76. The van der Waals surface area contributed by atoms with Gasteiger partial charge in [0.2, 0.25) is 0 Å². The molecule has 0 aliphatic heterocycles. The van der Waals surface area contributed by atoms with Crippen molar-refractivity contribution in [1.82, 2.24) is 0 Å². The van der Waals surface area contributed by atoms with Crippen LogP contribution in [0.1, 0.15) is 25.7 Å². The van der Waals surface area contributed by atoms with Crippen LogP contribution in [0, 0.1) is 5.92 Å². The van der Waals surface area contributed by atoms with Crippen molar-refractivity contribution in [2.24, 2.45) is 16.6 Å². The first kappa shape index (κ1) is 12.1. The van der Waals surface area contributed by atoms with Gasteiger partial charge in [-0.3, -0.25) is 0 Å². The molecule has 0 aromatic heterocycles. The van der Waals surface area contributed by atoms with E-state index in [1.165, 1.54) is 25.7 Å². The quantitative estimate of drug-likeness (QED) is 0.626. The Morgan fingerprint density at radius 3 is 2.31 bits per heavy atom. The van der Waals surface area contributed by atoms with Crippen molar-refractivity contribution >= 4 is 43.4 Å². The molecule has 2 nitrogen and oxygen atoms in total. The predicted octanol–water partition coefficient (Wildman–Crippen LogP) is 4.39. The number of aliphatic imine (C=N–C) groups is 1. The fraction of sp³-hybridized carbons (Fsp3) is 0.417. The maximum Gasteiger partial charge on any atom is 0.103 e. The van der Waals surface area contributed by atoms with Crippen molar-refractivity contribution < 1.29 is 0 Å². The number of nitrogens with zero attached hydrogens (tertiary/aromatic N) is 1. The minimum absolute atomic E-state index is 0.471. The van der Waals surface area contributed by atoms with E-state index in [0.717, 1.165) is 20.5 Å². The Balaban J connectivity index is 2.27. The Bertz CT molecular complexity index is 389. The lowest BCUT2D eigenvalue weighted by Crippen LogP contribution is -2.20. The van der Waals surface area contributed by atoms with Gasteiger partial charge in [-0.05, 0) is 56.8 Å². The third-order valence-electron chi connectivity index (χ3n) is 2.95. The van der Waals surface area contributed by atoms with Crippen molar-refractivity contribution in [3.63, 3.8) is 0 Å². The molecular formula is C12H14Br2N2. The molecule has 1 aromatic carbocycles. The second-order valence-electron chi connectivity index (χ2n) is 4.09. The molecule has 86 valence electrons. The zero-order chi connectivity index (χ0) is 11.5. The Kier molecular flexibility index (Phi) is 4.03. The molecule has 0 unspecified atom stereocenters. The molecule has 0 heterocycles. The molecule has 1 aliphatic carbocycles. The number of amidine groups is 1. The molecule has 0 amide bonds. The molecule has 1 saturated carbocycles. The summed E-state index contributed by atoms with van der Waals surface area (Å²) in [5.41, 5.74) is 6.95. The van der Waals surface area contributed by atoms with Gasteiger partial charge in [0.25, 0.3) is 0 Å². The number of nitrogens with two attached hydrogens (primary N) is 1. The van der Waals surface area contributed by atoms with E-state index in [1.807, 2.05) is 18.2 Å². The van der Waals surface area contributed by atoms with Gasteiger partial charge in [-0.25, -0.2) is 4.99 Å². The van der Waals surface area contributed by atoms with Gasteiger partial charge in [-0.1, -0.05) is 18.9 Å². The Hall–Kier alpha value is -0.350. The van der Waals surface area contributed by atoms with Crippen molar-refractivity contribution in [2.75, 3.05) is 0 Å². The molecule has 0 spiro atoms. The number of hydrogen-bond acceptors (Lipinski definition) is 1. The fourth-order valence-corrected chi connectivity index (χ4v) is 3.21. The number of benzene rings is 1. The van der Waals surface area contributed by atoms with Gasteiger partial charge < -0.3 is 5.73 Å². The monoisotopic (exact) mass is 344 g/mol. The van der Waals surface area contributed by atoms with Gasteiger partial charge in [0.05, 0.1) is 5.69 Å². The first-order valence-electron chi connectivity index (χ1n) is 5.46. The molecule has 2 N–H and O–H groups in total. The molecule has 0 atom stereocenters. The Labute approximate surface area is 113 Å². The van der Waals surface area contributed by atoms with Gasteiger partial charge in [0.1, 0.15) is 5.84 Å². The van der Waals surface area contributed by atoms with Crippen LogP contribution < -0.4 is 5.73 Å².